The number of aryl methyl sites for hydroxylation is 1. The first-order valence-corrected chi connectivity index (χ1v) is 20.8. The summed E-state index contributed by atoms with van der Waals surface area (Å²) in [7, 11) is 0. The molecule has 0 fully saturated rings. The van der Waals surface area contributed by atoms with Gasteiger partial charge in [-0.25, -0.2) is 4.98 Å². The molecule has 0 spiro atoms. The lowest BCUT2D eigenvalue weighted by molar-refractivity contribution is 1.37. The van der Waals surface area contributed by atoms with Gasteiger partial charge in [-0.2, -0.15) is 0 Å². The van der Waals surface area contributed by atoms with Crippen molar-refractivity contribution in [2.75, 3.05) is 0 Å². The summed E-state index contributed by atoms with van der Waals surface area (Å²) in [5, 5.41) is 15.6. The predicted octanol–water partition coefficient (Wildman–Crippen LogP) is 16.1. The second kappa shape index (κ2) is 13.7. The fourth-order valence-corrected chi connectivity index (χ4v) is 9.92. The second-order valence-electron chi connectivity index (χ2n) is 16.0. The first-order chi connectivity index (χ1) is 29.7. The van der Waals surface area contributed by atoms with Crippen LogP contribution in [-0.2, 0) is 0 Å². The van der Waals surface area contributed by atoms with Crippen molar-refractivity contribution in [2.24, 2.45) is 4.99 Å². The fourth-order valence-electron chi connectivity index (χ4n) is 9.92. The molecule has 2 heteroatoms. The molecule has 1 aliphatic rings. The summed E-state index contributed by atoms with van der Waals surface area (Å²) in [6, 6.07) is 64.5. The van der Waals surface area contributed by atoms with Crippen molar-refractivity contribution >= 4 is 86.9 Å². The van der Waals surface area contributed by atoms with Gasteiger partial charge in [0.2, 0.25) is 0 Å². The molecule has 0 bridgehead atoms. The van der Waals surface area contributed by atoms with Gasteiger partial charge >= 0.3 is 0 Å². The van der Waals surface area contributed by atoms with E-state index in [0.717, 1.165) is 45.5 Å². The molecule has 1 aliphatic carbocycles. The Morgan fingerprint density at radius 3 is 1.65 bits per heavy atom. The summed E-state index contributed by atoms with van der Waals surface area (Å²) in [5.41, 5.74) is 11.3. The van der Waals surface area contributed by atoms with Crippen LogP contribution in [0, 0.1) is 6.92 Å². The van der Waals surface area contributed by atoms with Gasteiger partial charge in [-0.15, -0.1) is 0 Å². The molecule has 12 rings (SSSR count). The molecular formula is C58H38N2. The minimum absolute atomic E-state index is 0.836. The van der Waals surface area contributed by atoms with Crippen LogP contribution in [0.3, 0.4) is 0 Å². The highest BCUT2D eigenvalue weighted by Crippen LogP contribution is 2.50. The zero-order chi connectivity index (χ0) is 39.7. The van der Waals surface area contributed by atoms with E-state index in [9.17, 15) is 0 Å². The number of nitrogens with zero attached hydrogens (tertiary/aromatic N) is 2. The minimum atomic E-state index is 0.836. The van der Waals surface area contributed by atoms with Gasteiger partial charge in [-0.05, 0) is 96.0 Å². The molecule has 1 aromatic heterocycles. The number of benzene rings is 10. The molecular weight excluding hydrogens is 725 g/mol. The average Bonchev–Trinajstić information content (AvgIpc) is 3.31. The van der Waals surface area contributed by atoms with Gasteiger partial charge in [-0.1, -0.05) is 182 Å². The largest absolute Gasteiger partial charge is 0.252 e. The van der Waals surface area contributed by atoms with Crippen molar-refractivity contribution in [3.8, 4) is 33.5 Å². The zero-order valence-corrected chi connectivity index (χ0v) is 33.2. The van der Waals surface area contributed by atoms with Crippen LogP contribution in [0.2, 0.25) is 0 Å². The third kappa shape index (κ3) is 5.28. The maximum Gasteiger partial charge on any atom is 0.0794 e. The Balaban J connectivity index is 1.21. The van der Waals surface area contributed by atoms with Crippen molar-refractivity contribution in [1.82, 2.24) is 4.98 Å². The lowest BCUT2D eigenvalue weighted by atomic mass is 9.82. The lowest BCUT2D eigenvalue weighted by Gasteiger charge is -2.22. The highest BCUT2D eigenvalue weighted by atomic mass is 14.8. The summed E-state index contributed by atoms with van der Waals surface area (Å²) < 4.78 is 0. The van der Waals surface area contributed by atoms with Crippen LogP contribution in [0.15, 0.2) is 205 Å². The molecule has 10 aromatic carbocycles. The first-order valence-electron chi connectivity index (χ1n) is 20.8. The van der Waals surface area contributed by atoms with E-state index in [4.69, 9.17) is 9.98 Å². The van der Waals surface area contributed by atoms with E-state index in [1.807, 2.05) is 0 Å². The van der Waals surface area contributed by atoms with Crippen LogP contribution < -0.4 is 0 Å². The number of allylic oxidation sites excluding steroid dienone is 4. The number of fused-ring (bicyclic) bond motifs is 10. The summed E-state index contributed by atoms with van der Waals surface area (Å²) in [5.74, 6) is 0. The van der Waals surface area contributed by atoms with Crippen LogP contribution in [0.1, 0.15) is 12.0 Å². The Morgan fingerprint density at radius 1 is 0.450 bits per heavy atom. The van der Waals surface area contributed by atoms with E-state index in [1.54, 1.807) is 0 Å². The number of pyridine rings is 1. The molecule has 2 nitrogen and oxygen atoms in total. The van der Waals surface area contributed by atoms with Crippen molar-refractivity contribution < 1.29 is 0 Å². The number of hydrogen-bond donors (Lipinski definition) is 0. The average molecular weight is 763 g/mol. The molecule has 0 saturated carbocycles. The van der Waals surface area contributed by atoms with E-state index >= 15 is 0 Å². The van der Waals surface area contributed by atoms with Gasteiger partial charge in [0, 0.05) is 44.6 Å². The van der Waals surface area contributed by atoms with Gasteiger partial charge in [0.25, 0.3) is 0 Å². The number of hydrogen-bond acceptors (Lipinski definition) is 2. The summed E-state index contributed by atoms with van der Waals surface area (Å²) in [4.78, 5) is 10.8. The maximum absolute atomic E-state index is 5.59. The molecule has 0 unspecified atom stereocenters. The van der Waals surface area contributed by atoms with Gasteiger partial charge < -0.3 is 0 Å². The van der Waals surface area contributed by atoms with Crippen LogP contribution in [0.5, 0.6) is 0 Å². The van der Waals surface area contributed by atoms with Gasteiger partial charge in [0.1, 0.15) is 0 Å². The van der Waals surface area contributed by atoms with Crippen LogP contribution >= 0.6 is 0 Å². The SMILES string of the molecule is Cc1cc(-c2c3ccccc3c(-c3cc4c(-c5ccccc5)nc5c6ccccc6ccc5c4c4ccccc34)c3ccccc23)c2ccccc2c1/N=C1/C=CC=CC1. The van der Waals surface area contributed by atoms with E-state index in [2.05, 4.69) is 207 Å². The van der Waals surface area contributed by atoms with Gasteiger partial charge in [-0.3, -0.25) is 4.99 Å². The number of aromatic nitrogens is 1. The topological polar surface area (TPSA) is 25.2 Å². The van der Waals surface area contributed by atoms with E-state index in [1.165, 1.54) is 86.9 Å². The van der Waals surface area contributed by atoms with E-state index in [-0.39, 0.29) is 0 Å². The molecule has 0 aliphatic heterocycles. The quantitative estimate of drug-likeness (QED) is 0.129. The number of aliphatic imine (C=N–C) groups is 1. The highest BCUT2D eigenvalue weighted by molar-refractivity contribution is 6.31. The highest BCUT2D eigenvalue weighted by Gasteiger charge is 2.23. The molecule has 1 heterocycles. The van der Waals surface area contributed by atoms with Crippen LogP contribution in [-0.4, -0.2) is 10.7 Å². The van der Waals surface area contributed by atoms with Crippen molar-refractivity contribution in [3.63, 3.8) is 0 Å². The summed E-state index contributed by atoms with van der Waals surface area (Å²) in [6.07, 6.45) is 9.31. The van der Waals surface area contributed by atoms with Crippen molar-refractivity contribution in [1.29, 1.82) is 0 Å². The molecule has 0 saturated heterocycles. The Kier molecular flexibility index (Phi) is 7.86. The third-order valence-corrected chi connectivity index (χ3v) is 12.5. The molecule has 0 amide bonds. The lowest BCUT2D eigenvalue weighted by Crippen LogP contribution is -1.96. The van der Waals surface area contributed by atoms with E-state index in [0.29, 0.717) is 0 Å². The molecule has 60 heavy (non-hydrogen) atoms. The van der Waals surface area contributed by atoms with Crippen LogP contribution in [0.4, 0.5) is 5.69 Å². The first kappa shape index (κ1) is 34.4. The minimum Gasteiger partial charge on any atom is -0.252 e. The van der Waals surface area contributed by atoms with Crippen molar-refractivity contribution in [2.45, 2.75) is 13.3 Å². The monoisotopic (exact) mass is 762 g/mol. The molecule has 0 atom stereocenters. The molecule has 0 N–H and O–H groups in total. The third-order valence-electron chi connectivity index (χ3n) is 12.5. The normalized spacial score (nSPS) is 13.6. The molecule has 280 valence electrons. The Bertz CT molecular complexity index is 3630. The molecule has 0 radical (unpaired) electrons. The van der Waals surface area contributed by atoms with Crippen LogP contribution in [0.25, 0.3) is 109 Å². The molecule has 11 aromatic rings. The number of rotatable bonds is 4. The summed E-state index contributed by atoms with van der Waals surface area (Å²) >= 11 is 0. The second-order valence-corrected chi connectivity index (χ2v) is 16.0. The Labute approximate surface area is 348 Å². The Hall–Kier alpha value is -7.68. The van der Waals surface area contributed by atoms with Crippen molar-refractivity contribution in [3.05, 3.63) is 206 Å². The maximum atomic E-state index is 5.59. The Morgan fingerprint density at radius 2 is 1.00 bits per heavy atom. The van der Waals surface area contributed by atoms with E-state index < -0.39 is 0 Å². The standard InChI is InChI=1S/C58H38N2/c1-36-34-50(42-25-11-17-31-48(42)56(36)59-39-21-6-3-7-22-39)53-44-27-13-15-29-46(44)54(47-30-16-14-28-45(47)53)51-35-52-55(43-26-12-10-24-41(43)51)49-33-32-37-18-8-9-23-40(37)58(49)60-57(52)38-19-4-2-5-20-38/h2-21,23-35H,22H2,1H3/b59-39-. The zero-order valence-electron chi connectivity index (χ0n) is 33.2. The fraction of sp³-hybridized carbons (Fsp3) is 0.0345. The summed E-state index contributed by atoms with van der Waals surface area (Å²) in [6.45, 7) is 2.21. The van der Waals surface area contributed by atoms with Gasteiger partial charge in [0.05, 0.1) is 16.9 Å². The van der Waals surface area contributed by atoms with Gasteiger partial charge in [0.15, 0.2) is 0 Å². The predicted molar refractivity (Wildman–Crippen MR) is 258 cm³/mol. The smallest absolute Gasteiger partial charge is 0.0794 e.